The Labute approximate surface area is 170 Å². The molecule has 1 aromatic carbocycles. The summed E-state index contributed by atoms with van der Waals surface area (Å²) in [7, 11) is 1.54. The molecule has 2 aromatic rings. The van der Waals surface area contributed by atoms with Gasteiger partial charge in [0.05, 0.1) is 23.8 Å². The minimum Gasteiger partial charge on any atom is -0.490 e. The van der Waals surface area contributed by atoms with Crippen LogP contribution in [-0.2, 0) is 0 Å². The second-order valence-corrected chi connectivity index (χ2v) is 6.00. The molecular formula is C22H22ClN3O2. The first-order valence-corrected chi connectivity index (χ1v) is 9.32. The molecule has 0 N–H and O–H groups in total. The fourth-order valence-electron chi connectivity index (χ4n) is 2.48. The van der Waals surface area contributed by atoms with Crippen LogP contribution in [0.1, 0.15) is 38.4 Å². The van der Waals surface area contributed by atoms with Gasteiger partial charge in [0.2, 0.25) is 5.75 Å². The summed E-state index contributed by atoms with van der Waals surface area (Å²) in [6.07, 6.45) is 10.4. The van der Waals surface area contributed by atoms with Gasteiger partial charge in [-0.25, -0.2) is 4.98 Å². The molecule has 0 fully saturated rings. The lowest BCUT2D eigenvalue weighted by Crippen LogP contribution is -2.00. The molecule has 1 aliphatic rings. The van der Waals surface area contributed by atoms with E-state index in [1.165, 1.54) is 18.0 Å². The lowest BCUT2D eigenvalue weighted by molar-refractivity contribution is 0.366. The topological polar surface area (TPSA) is 68.0 Å². The highest BCUT2D eigenvalue weighted by Crippen LogP contribution is 2.37. The van der Waals surface area contributed by atoms with Crippen LogP contribution in [0.2, 0.25) is 5.02 Å². The van der Waals surface area contributed by atoms with Crippen LogP contribution in [0.25, 0.3) is 5.57 Å². The predicted octanol–water partition coefficient (Wildman–Crippen LogP) is 6.12. The van der Waals surface area contributed by atoms with E-state index in [2.05, 4.69) is 22.1 Å². The molecule has 0 saturated carbocycles. The van der Waals surface area contributed by atoms with Crippen molar-refractivity contribution in [1.82, 2.24) is 9.97 Å². The monoisotopic (exact) mass is 395 g/mol. The normalized spacial score (nSPS) is 12.6. The van der Waals surface area contributed by atoms with Crippen LogP contribution in [0, 0.1) is 11.3 Å². The number of ether oxygens (including phenoxy) is 2. The Morgan fingerprint density at radius 3 is 2.61 bits per heavy atom. The molecule has 6 heteroatoms. The molecular weight excluding hydrogens is 374 g/mol. The summed E-state index contributed by atoms with van der Waals surface area (Å²) in [5.41, 5.74) is 3.20. The summed E-state index contributed by atoms with van der Waals surface area (Å²) in [6.45, 7) is 6.05. The number of aromatic nitrogens is 2. The molecule has 1 aliphatic carbocycles. The van der Waals surface area contributed by atoms with E-state index in [-0.39, 0.29) is 5.88 Å². The molecule has 1 heterocycles. The number of allylic oxidation sites excluding steroid dienone is 6. The third kappa shape index (κ3) is 4.99. The molecule has 144 valence electrons. The minimum absolute atomic E-state index is 0.257. The first-order chi connectivity index (χ1) is 13.6. The van der Waals surface area contributed by atoms with Crippen LogP contribution in [0.15, 0.2) is 54.4 Å². The first kappa shape index (κ1) is 21.2. The van der Waals surface area contributed by atoms with Crippen molar-refractivity contribution in [2.75, 3.05) is 7.11 Å². The van der Waals surface area contributed by atoms with Crippen molar-refractivity contribution >= 4 is 17.2 Å². The van der Waals surface area contributed by atoms with Gasteiger partial charge in [0.15, 0.2) is 0 Å². The third-order valence-electron chi connectivity index (χ3n) is 3.82. The highest BCUT2D eigenvalue weighted by atomic mass is 35.5. The molecule has 0 unspecified atom stereocenters. The van der Waals surface area contributed by atoms with E-state index in [1.807, 2.05) is 39.0 Å². The maximum atomic E-state index is 8.94. The lowest BCUT2D eigenvalue weighted by atomic mass is 10.1. The van der Waals surface area contributed by atoms with Crippen LogP contribution in [0.3, 0.4) is 0 Å². The minimum atomic E-state index is 0.257. The Bertz CT molecular complexity index is 972. The number of rotatable bonds is 4. The third-order valence-corrected chi connectivity index (χ3v) is 4.12. The Morgan fingerprint density at radius 2 is 1.93 bits per heavy atom. The van der Waals surface area contributed by atoms with E-state index < -0.39 is 0 Å². The van der Waals surface area contributed by atoms with Crippen LogP contribution < -0.4 is 9.47 Å². The molecule has 0 aliphatic heterocycles. The van der Waals surface area contributed by atoms with Gasteiger partial charge >= 0.3 is 0 Å². The van der Waals surface area contributed by atoms with Crippen molar-refractivity contribution in [3.63, 3.8) is 0 Å². The Morgan fingerprint density at radius 1 is 1.14 bits per heavy atom. The van der Waals surface area contributed by atoms with Gasteiger partial charge in [-0.3, -0.25) is 0 Å². The SMILES string of the molecule is CC.COc1c(Oc2ccc(C#N)cc2Cl)ncnc1C1=CCC=C(C)C=C1. The van der Waals surface area contributed by atoms with Gasteiger partial charge < -0.3 is 9.47 Å². The van der Waals surface area contributed by atoms with E-state index >= 15 is 0 Å². The van der Waals surface area contributed by atoms with E-state index in [0.717, 1.165) is 12.0 Å². The zero-order valence-electron chi connectivity index (χ0n) is 16.4. The highest BCUT2D eigenvalue weighted by Gasteiger charge is 2.18. The average molecular weight is 396 g/mol. The number of hydrogen-bond donors (Lipinski definition) is 0. The van der Waals surface area contributed by atoms with E-state index in [0.29, 0.717) is 27.8 Å². The van der Waals surface area contributed by atoms with Gasteiger partial charge in [-0.05, 0) is 31.5 Å². The van der Waals surface area contributed by atoms with Gasteiger partial charge in [0.25, 0.3) is 5.88 Å². The highest BCUT2D eigenvalue weighted by molar-refractivity contribution is 6.32. The standard InChI is InChI=1S/C20H16ClN3O2.C2H6/c1-13-4-3-5-15(8-6-13)18-19(25-2)20(24-12-23-18)26-17-9-7-14(11-22)10-16(17)21;1-2/h4-10,12H,3H2,1-2H3;1-2H3. The molecule has 1 aromatic heterocycles. The van der Waals surface area contributed by atoms with Crippen LogP contribution in [0.5, 0.6) is 17.4 Å². The smallest absolute Gasteiger partial charge is 0.266 e. The zero-order chi connectivity index (χ0) is 20.5. The Balaban J connectivity index is 0.00000136. The van der Waals surface area contributed by atoms with Crippen LogP contribution in [-0.4, -0.2) is 17.1 Å². The molecule has 0 saturated heterocycles. The number of halogens is 1. The summed E-state index contributed by atoms with van der Waals surface area (Å²) in [6, 6.07) is 6.82. The molecule has 3 rings (SSSR count). The van der Waals surface area contributed by atoms with Gasteiger partial charge in [0, 0.05) is 5.57 Å². The van der Waals surface area contributed by atoms with E-state index in [4.69, 9.17) is 26.3 Å². The summed E-state index contributed by atoms with van der Waals surface area (Å²) < 4.78 is 11.3. The quantitative estimate of drug-likeness (QED) is 0.623. The van der Waals surface area contributed by atoms with E-state index in [1.54, 1.807) is 19.2 Å². The average Bonchev–Trinajstić information content (AvgIpc) is 2.95. The second kappa shape index (κ2) is 10.3. The zero-order valence-corrected chi connectivity index (χ0v) is 17.1. The molecule has 5 nitrogen and oxygen atoms in total. The largest absolute Gasteiger partial charge is 0.490 e. The summed E-state index contributed by atoms with van der Waals surface area (Å²) >= 11 is 6.19. The van der Waals surface area contributed by atoms with Crippen molar-refractivity contribution in [3.05, 3.63) is 70.7 Å². The lowest BCUT2D eigenvalue weighted by Gasteiger charge is -2.13. The summed E-state index contributed by atoms with van der Waals surface area (Å²) in [4.78, 5) is 8.53. The van der Waals surface area contributed by atoms with Crippen molar-refractivity contribution in [3.8, 4) is 23.4 Å². The number of hydrogen-bond acceptors (Lipinski definition) is 5. The first-order valence-electron chi connectivity index (χ1n) is 8.94. The van der Waals surface area contributed by atoms with Gasteiger partial charge in [0.1, 0.15) is 17.8 Å². The predicted molar refractivity (Wildman–Crippen MR) is 112 cm³/mol. The van der Waals surface area contributed by atoms with Crippen molar-refractivity contribution < 1.29 is 9.47 Å². The molecule has 0 bridgehead atoms. The number of methoxy groups -OCH3 is 1. The van der Waals surface area contributed by atoms with Crippen LogP contribution in [0.4, 0.5) is 0 Å². The Hall–Kier alpha value is -3.10. The second-order valence-electron chi connectivity index (χ2n) is 5.60. The van der Waals surface area contributed by atoms with Gasteiger partial charge in [-0.2, -0.15) is 10.2 Å². The molecule has 0 atom stereocenters. The summed E-state index contributed by atoms with van der Waals surface area (Å²) in [5, 5.41) is 9.26. The van der Waals surface area contributed by atoms with Gasteiger partial charge in [-0.15, -0.1) is 0 Å². The van der Waals surface area contributed by atoms with Crippen molar-refractivity contribution in [2.45, 2.75) is 27.2 Å². The fraction of sp³-hybridized carbons (Fsp3) is 0.227. The van der Waals surface area contributed by atoms with E-state index in [9.17, 15) is 0 Å². The van der Waals surface area contributed by atoms with Crippen molar-refractivity contribution in [2.24, 2.45) is 0 Å². The molecule has 0 radical (unpaired) electrons. The Kier molecular flexibility index (Phi) is 7.79. The molecule has 0 spiro atoms. The van der Waals surface area contributed by atoms with Crippen molar-refractivity contribution in [1.29, 1.82) is 5.26 Å². The number of nitriles is 1. The molecule has 28 heavy (non-hydrogen) atoms. The number of benzene rings is 1. The maximum absolute atomic E-state index is 8.94. The van der Waals surface area contributed by atoms with Gasteiger partial charge in [-0.1, -0.05) is 55.3 Å². The molecule has 0 amide bonds. The number of nitrogens with zero attached hydrogens (tertiary/aromatic N) is 3. The fourth-order valence-corrected chi connectivity index (χ4v) is 2.70. The maximum Gasteiger partial charge on any atom is 0.266 e. The summed E-state index contributed by atoms with van der Waals surface area (Å²) in [5.74, 6) is 1.06. The van der Waals surface area contributed by atoms with Crippen LogP contribution >= 0.6 is 11.6 Å².